The number of fused-ring (bicyclic) bond motifs is 1. The zero-order valence-corrected chi connectivity index (χ0v) is 18.7. The third-order valence-corrected chi connectivity index (χ3v) is 5.57. The van der Waals surface area contributed by atoms with Crippen LogP contribution in [0.25, 0.3) is 11.2 Å². The maximum Gasteiger partial charge on any atom is 0.308 e. The molecule has 2 unspecified atom stereocenters. The topological polar surface area (TPSA) is 133 Å². The number of hydrogen-bond acceptors (Lipinski definition) is 9. The van der Waals surface area contributed by atoms with Crippen LogP contribution in [-0.4, -0.2) is 43.0 Å². The predicted octanol–water partition coefficient (Wildman–Crippen LogP) is 3.02. The number of carbonyl (C=O) groups is 1. The van der Waals surface area contributed by atoms with Crippen LogP contribution in [-0.2, 0) is 11.3 Å². The standard InChI is InChI=1S/C22H30N8O2/c1-13(2)30-21-19(28-29-30)20(24-12-15-7-6-8-16(11-15)32-14(3)31)26-22(27-21)25-18-10-5-4-9-17(18)23/h6-8,11,13,17-18H,4-5,9-10,12,23H2,1-3H3,(H2,24,25,26,27). The van der Waals surface area contributed by atoms with Crippen LogP contribution in [0.15, 0.2) is 24.3 Å². The number of esters is 1. The number of aromatic nitrogens is 5. The molecule has 1 fully saturated rings. The second-order valence-electron chi connectivity index (χ2n) is 8.49. The zero-order chi connectivity index (χ0) is 22.7. The summed E-state index contributed by atoms with van der Waals surface area (Å²) in [7, 11) is 0. The van der Waals surface area contributed by atoms with Crippen molar-refractivity contribution >= 4 is 28.9 Å². The maximum absolute atomic E-state index is 11.2. The first-order valence-corrected chi connectivity index (χ1v) is 11.1. The second-order valence-corrected chi connectivity index (χ2v) is 8.49. The molecule has 4 N–H and O–H groups in total. The number of nitrogens with zero attached hydrogens (tertiary/aromatic N) is 5. The van der Waals surface area contributed by atoms with Crippen LogP contribution in [0.3, 0.4) is 0 Å². The maximum atomic E-state index is 11.2. The number of nitrogens with one attached hydrogen (secondary N) is 2. The minimum atomic E-state index is -0.352. The van der Waals surface area contributed by atoms with Gasteiger partial charge in [-0.1, -0.05) is 30.2 Å². The zero-order valence-electron chi connectivity index (χ0n) is 18.7. The summed E-state index contributed by atoms with van der Waals surface area (Å²) in [6.45, 7) is 5.92. The van der Waals surface area contributed by atoms with E-state index in [1.165, 1.54) is 6.92 Å². The van der Waals surface area contributed by atoms with Crippen molar-refractivity contribution in [2.24, 2.45) is 5.73 Å². The summed E-state index contributed by atoms with van der Waals surface area (Å²) in [5, 5.41) is 15.4. The Morgan fingerprint density at radius 3 is 2.84 bits per heavy atom. The highest BCUT2D eigenvalue weighted by Gasteiger charge is 2.24. The van der Waals surface area contributed by atoms with E-state index in [2.05, 4.69) is 20.9 Å². The average molecular weight is 439 g/mol. The van der Waals surface area contributed by atoms with Gasteiger partial charge in [0.1, 0.15) is 5.75 Å². The highest BCUT2D eigenvalue weighted by Crippen LogP contribution is 2.25. The quantitative estimate of drug-likeness (QED) is 0.376. The van der Waals surface area contributed by atoms with Gasteiger partial charge in [0.25, 0.3) is 0 Å². The van der Waals surface area contributed by atoms with Crippen LogP contribution < -0.4 is 21.1 Å². The van der Waals surface area contributed by atoms with E-state index in [4.69, 9.17) is 20.4 Å². The van der Waals surface area contributed by atoms with E-state index in [1.807, 2.05) is 32.0 Å². The molecule has 0 bridgehead atoms. The third-order valence-electron chi connectivity index (χ3n) is 5.57. The fourth-order valence-electron chi connectivity index (χ4n) is 3.94. The first-order valence-electron chi connectivity index (χ1n) is 11.1. The lowest BCUT2D eigenvalue weighted by Gasteiger charge is -2.29. The molecule has 2 aromatic heterocycles. The van der Waals surface area contributed by atoms with Gasteiger partial charge in [-0.25, -0.2) is 4.68 Å². The summed E-state index contributed by atoms with van der Waals surface area (Å²) >= 11 is 0. The molecule has 0 amide bonds. The van der Waals surface area contributed by atoms with Gasteiger partial charge < -0.3 is 21.1 Å². The van der Waals surface area contributed by atoms with E-state index < -0.39 is 0 Å². The normalized spacial score (nSPS) is 18.7. The number of carbonyl (C=O) groups excluding carboxylic acids is 1. The van der Waals surface area contributed by atoms with E-state index >= 15 is 0 Å². The molecule has 0 saturated heterocycles. The van der Waals surface area contributed by atoms with Crippen molar-refractivity contribution < 1.29 is 9.53 Å². The van der Waals surface area contributed by atoms with E-state index in [9.17, 15) is 4.79 Å². The number of benzene rings is 1. The van der Waals surface area contributed by atoms with Gasteiger partial charge in [-0.15, -0.1) is 5.10 Å². The van der Waals surface area contributed by atoms with Gasteiger partial charge in [0.15, 0.2) is 17.0 Å². The summed E-state index contributed by atoms with van der Waals surface area (Å²) in [6, 6.07) is 7.68. The molecule has 0 radical (unpaired) electrons. The second kappa shape index (κ2) is 9.47. The van der Waals surface area contributed by atoms with Crippen molar-refractivity contribution in [3.8, 4) is 5.75 Å². The SMILES string of the molecule is CC(=O)Oc1cccc(CNc2nc(NC3CCCCC3N)nc3c2nnn3C(C)C)c1. The van der Waals surface area contributed by atoms with Crippen LogP contribution >= 0.6 is 0 Å². The van der Waals surface area contributed by atoms with Crippen LogP contribution in [0.5, 0.6) is 5.75 Å². The molecule has 32 heavy (non-hydrogen) atoms. The Bertz CT molecular complexity index is 1100. The van der Waals surface area contributed by atoms with E-state index in [0.29, 0.717) is 35.2 Å². The summed E-state index contributed by atoms with van der Waals surface area (Å²) in [5.41, 5.74) is 8.53. The molecule has 2 atom stereocenters. The summed E-state index contributed by atoms with van der Waals surface area (Å²) in [6.07, 6.45) is 4.29. The highest BCUT2D eigenvalue weighted by molar-refractivity contribution is 5.83. The highest BCUT2D eigenvalue weighted by atomic mass is 16.5. The Morgan fingerprint density at radius 1 is 1.28 bits per heavy atom. The first kappa shape index (κ1) is 21.9. The summed E-state index contributed by atoms with van der Waals surface area (Å²) < 4.78 is 6.97. The Kier molecular flexibility index (Phi) is 6.50. The Hall–Kier alpha value is -3.27. The van der Waals surface area contributed by atoms with Gasteiger partial charge >= 0.3 is 5.97 Å². The van der Waals surface area contributed by atoms with Crippen molar-refractivity contribution in [1.29, 1.82) is 0 Å². The van der Waals surface area contributed by atoms with E-state index in [0.717, 1.165) is 31.2 Å². The number of anilines is 2. The Morgan fingerprint density at radius 2 is 2.09 bits per heavy atom. The molecule has 3 aromatic rings. The third kappa shape index (κ3) is 4.96. The molecule has 10 heteroatoms. The molecule has 170 valence electrons. The lowest BCUT2D eigenvalue weighted by Crippen LogP contribution is -2.43. The summed E-state index contributed by atoms with van der Waals surface area (Å²) in [5.74, 6) is 1.26. The molecule has 4 rings (SSSR count). The molecular formula is C22H30N8O2. The van der Waals surface area contributed by atoms with Crippen LogP contribution in [0, 0.1) is 0 Å². The number of rotatable bonds is 7. The van der Waals surface area contributed by atoms with Crippen molar-refractivity contribution in [2.75, 3.05) is 10.6 Å². The average Bonchev–Trinajstić information content (AvgIpc) is 3.18. The van der Waals surface area contributed by atoms with E-state index in [-0.39, 0.29) is 24.1 Å². The molecule has 1 aromatic carbocycles. The van der Waals surface area contributed by atoms with E-state index in [1.54, 1.807) is 10.7 Å². The molecule has 0 spiro atoms. The lowest BCUT2D eigenvalue weighted by atomic mass is 9.91. The van der Waals surface area contributed by atoms with Gasteiger partial charge in [-0.3, -0.25) is 4.79 Å². The summed E-state index contributed by atoms with van der Waals surface area (Å²) in [4.78, 5) is 20.7. The van der Waals surface area contributed by atoms with Crippen molar-refractivity contribution in [3.63, 3.8) is 0 Å². The fraction of sp³-hybridized carbons (Fsp3) is 0.500. The lowest BCUT2D eigenvalue weighted by molar-refractivity contribution is -0.131. The number of nitrogens with two attached hydrogens (primary N) is 1. The smallest absolute Gasteiger partial charge is 0.308 e. The van der Waals surface area contributed by atoms with Gasteiger partial charge in [0.2, 0.25) is 5.95 Å². The van der Waals surface area contributed by atoms with Crippen LogP contribution in [0.2, 0.25) is 0 Å². The van der Waals surface area contributed by atoms with Crippen molar-refractivity contribution in [1.82, 2.24) is 25.0 Å². The van der Waals surface area contributed by atoms with Crippen LogP contribution in [0.1, 0.15) is 58.1 Å². The largest absolute Gasteiger partial charge is 0.427 e. The Labute approximate surface area is 186 Å². The van der Waals surface area contributed by atoms with Gasteiger partial charge in [0, 0.05) is 25.6 Å². The van der Waals surface area contributed by atoms with Crippen LogP contribution in [0.4, 0.5) is 11.8 Å². The predicted molar refractivity (Wildman–Crippen MR) is 122 cm³/mol. The number of ether oxygens (including phenoxy) is 1. The van der Waals surface area contributed by atoms with Gasteiger partial charge in [-0.2, -0.15) is 9.97 Å². The molecule has 2 heterocycles. The monoisotopic (exact) mass is 438 g/mol. The Balaban J connectivity index is 1.61. The molecular weight excluding hydrogens is 408 g/mol. The molecule has 1 aliphatic carbocycles. The minimum Gasteiger partial charge on any atom is -0.427 e. The van der Waals surface area contributed by atoms with Gasteiger partial charge in [-0.05, 0) is 44.4 Å². The molecule has 10 nitrogen and oxygen atoms in total. The minimum absolute atomic E-state index is 0.0802. The number of hydrogen-bond donors (Lipinski definition) is 3. The van der Waals surface area contributed by atoms with Crippen molar-refractivity contribution in [3.05, 3.63) is 29.8 Å². The van der Waals surface area contributed by atoms with Crippen molar-refractivity contribution in [2.45, 2.75) is 71.1 Å². The fourth-order valence-corrected chi connectivity index (χ4v) is 3.94. The molecule has 1 aliphatic rings. The molecule has 0 aliphatic heterocycles. The first-order chi connectivity index (χ1) is 15.4. The van der Waals surface area contributed by atoms with Gasteiger partial charge in [0.05, 0.1) is 6.04 Å². The molecule has 1 saturated carbocycles.